The molecule has 1 atom stereocenters. The molecule has 0 aromatic heterocycles. The second-order valence-electron chi connectivity index (χ2n) is 4.43. The predicted molar refractivity (Wildman–Crippen MR) is 72.4 cm³/mol. The minimum Gasteiger partial charge on any atom is -0.505 e. The molecule has 100 valence electrons. The van der Waals surface area contributed by atoms with Crippen LogP contribution in [-0.4, -0.2) is 10.2 Å². The van der Waals surface area contributed by atoms with Gasteiger partial charge in [-0.05, 0) is 41.8 Å². The number of nitrogens with two attached hydrogens (primary N) is 1. The molecule has 0 heterocycles. The van der Waals surface area contributed by atoms with E-state index in [-0.39, 0.29) is 17.3 Å². The summed E-state index contributed by atoms with van der Waals surface area (Å²) in [6.07, 6.45) is -0.289. The number of rotatable bonds is 3. The fraction of sp³-hybridized carbons (Fsp3) is 0.200. The number of phenols is 1. The molecule has 19 heavy (non-hydrogen) atoms. The van der Waals surface area contributed by atoms with E-state index in [0.717, 1.165) is 12.0 Å². The van der Waals surface area contributed by atoms with Crippen molar-refractivity contribution in [2.24, 2.45) is 0 Å². The minimum absolute atomic E-state index is 0.131. The summed E-state index contributed by atoms with van der Waals surface area (Å²) < 4.78 is 12.9. The third-order valence-electron chi connectivity index (χ3n) is 3.12. The van der Waals surface area contributed by atoms with Gasteiger partial charge in [0.05, 0.1) is 5.69 Å². The van der Waals surface area contributed by atoms with Crippen LogP contribution < -0.4 is 5.73 Å². The summed E-state index contributed by atoms with van der Waals surface area (Å²) in [7, 11) is 0. The Kier molecular flexibility index (Phi) is 3.71. The van der Waals surface area contributed by atoms with Crippen LogP contribution in [0.3, 0.4) is 0 Å². The van der Waals surface area contributed by atoms with Gasteiger partial charge in [-0.1, -0.05) is 19.1 Å². The van der Waals surface area contributed by atoms with Crippen molar-refractivity contribution in [3.05, 3.63) is 58.9 Å². The van der Waals surface area contributed by atoms with Crippen molar-refractivity contribution < 1.29 is 14.6 Å². The Labute approximate surface area is 111 Å². The van der Waals surface area contributed by atoms with E-state index in [1.165, 1.54) is 24.3 Å². The smallest absolute Gasteiger partial charge is 0.144 e. The fourth-order valence-electron chi connectivity index (χ4n) is 1.98. The van der Waals surface area contributed by atoms with E-state index >= 15 is 0 Å². The molecule has 0 aliphatic carbocycles. The molecule has 1 unspecified atom stereocenters. The highest BCUT2D eigenvalue weighted by Gasteiger charge is 2.17. The van der Waals surface area contributed by atoms with Gasteiger partial charge in [0.1, 0.15) is 17.7 Å². The van der Waals surface area contributed by atoms with Crippen molar-refractivity contribution in [2.75, 3.05) is 5.73 Å². The van der Waals surface area contributed by atoms with Gasteiger partial charge in [-0.15, -0.1) is 0 Å². The third-order valence-corrected chi connectivity index (χ3v) is 3.12. The van der Waals surface area contributed by atoms with Crippen LogP contribution in [-0.2, 0) is 6.42 Å². The molecule has 0 saturated heterocycles. The zero-order valence-corrected chi connectivity index (χ0v) is 10.6. The summed E-state index contributed by atoms with van der Waals surface area (Å²) in [6.45, 7) is 1.96. The van der Waals surface area contributed by atoms with Crippen LogP contribution in [0.15, 0.2) is 36.4 Å². The van der Waals surface area contributed by atoms with Gasteiger partial charge in [0.2, 0.25) is 0 Å². The van der Waals surface area contributed by atoms with E-state index in [1.54, 1.807) is 12.1 Å². The highest BCUT2D eigenvalue weighted by atomic mass is 19.1. The Morgan fingerprint density at radius 3 is 2.42 bits per heavy atom. The van der Waals surface area contributed by atoms with Gasteiger partial charge in [0, 0.05) is 5.56 Å². The lowest BCUT2D eigenvalue weighted by Crippen LogP contribution is -2.03. The van der Waals surface area contributed by atoms with Crippen molar-refractivity contribution in [1.29, 1.82) is 0 Å². The van der Waals surface area contributed by atoms with Crippen molar-refractivity contribution in [2.45, 2.75) is 19.4 Å². The average Bonchev–Trinajstić information content (AvgIpc) is 2.41. The molecular weight excluding hydrogens is 245 g/mol. The molecule has 2 aromatic rings. The Bertz CT molecular complexity index is 581. The molecule has 0 bridgehead atoms. The van der Waals surface area contributed by atoms with Crippen LogP contribution in [0.4, 0.5) is 10.1 Å². The van der Waals surface area contributed by atoms with Crippen molar-refractivity contribution >= 4 is 5.69 Å². The molecule has 4 heteroatoms. The Morgan fingerprint density at radius 1 is 1.21 bits per heavy atom. The number of hydrogen-bond acceptors (Lipinski definition) is 3. The van der Waals surface area contributed by atoms with Crippen molar-refractivity contribution in [3.63, 3.8) is 0 Å². The van der Waals surface area contributed by atoms with Crippen LogP contribution >= 0.6 is 0 Å². The highest BCUT2D eigenvalue weighted by molar-refractivity contribution is 5.59. The first-order valence-electron chi connectivity index (χ1n) is 6.07. The van der Waals surface area contributed by atoms with Gasteiger partial charge in [-0.2, -0.15) is 0 Å². The van der Waals surface area contributed by atoms with Gasteiger partial charge in [-0.25, -0.2) is 4.39 Å². The van der Waals surface area contributed by atoms with E-state index in [9.17, 15) is 14.6 Å². The third kappa shape index (κ3) is 2.69. The van der Waals surface area contributed by atoms with Crippen LogP contribution in [0.5, 0.6) is 5.75 Å². The molecule has 0 spiro atoms. The number of anilines is 1. The Balaban J connectivity index is 2.45. The maximum Gasteiger partial charge on any atom is 0.144 e. The van der Waals surface area contributed by atoms with Gasteiger partial charge in [0.25, 0.3) is 0 Å². The number of aromatic hydroxyl groups is 1. The second kappa shape index (κ2) is 5.28. The summed E-state index contributed by atoms with van der Waals surface area (Å²) in [6, 6.07) is 8.88. The largest absolute Gasteiger partial charge is 0.505 e. The number of aryl methyl sites for hydroxylation is 1. The van der Waals surface area contributed by atoms with Crippen molar-refractivity contribution in [1.82, 2.24) is 0 Å². The number of nitrogen functional groups attached to an aromatic ring is 1. The lowest BCUT2D eigenvalue weighted by molar-refractivity contribution is 0.215. The van der Waals surface area contributed by atoms with E-state index in [0.29, 0.717) is 11.1 Å². The summed E-state index contributed by atoms with van der Waals surface area (Å²) in [5.41, 5.74) is 7.71. The van der Waals surface area contributed by atoms with Crippen LogP contribution in [0, 0.1) is 5.82 Å². The van der Waals surface area contributed by atoms with E-state index in [1.807, 2.05) is 6.92 Å². The first-order chi connectivity index (χ1) is 9.02. The number of aliphatic hydroxyl groups excluding tert-OH is 1. The van der Waals surface area contributed by atoms with Gasteiger partial charge < -0.3 is 15.9 Å². The summed E-state index contributed by atoms with van der Waals surface area (Å²) in [5.74, 6) is -0.504. The van der Waals surface area contributed by atoms with E-state index in [4.69, 9.17) is 5.73 Å². The summed E-state index contributed by atoms with van der Waals surface area (Å²) in [5, 5.41) is 20.2. The number of hydrogen-bond donors (Lipinski definition) is 3. The SMILES string of the molecule is CCc1cc(N)c(O)c(C(O)c2ccc(F)cc2)c1. The number of benzene rings is 2. The molecule has 2 aromatic carbocycles. The Morgan fingerprint density at radius 2 is 1.84 bits per heavy atom. The lowest BCUT2D eigenvalue weighted by atomic mass is 9.97. The number of phenolic OH excluding ortho intramolecular Hbond substituents is 1. The van der Waals surface area contributed by atoms with Gasteiger partial charge in [0.15, 0.2) is 0 Å². The zero-order chi connectivity index (χ0) is 14.0. The molecule has 3 nitrogen and oxygen atoms in total. The zero-order valence-electron chi connectivity index (χ0n) is 10.6. The first-order valence-corrected chi connectivity index (χ1v) is 6.07. The number of aliphatic hydroxyl groups is 1. The fourth-order valence-corrected chi connectivity index (χ4v) is 1.98. The van der Waals surface area contributed by atoms with Gasteiger partial charge >= 0.3 is 0 Å². The average molecular weight is 261 g/mol. The Hall–Kier alpha value is -2.07. The molecule has 4 N–H and O–H groups in total. The topological polar surface area (TPSA) is 66.5 Å². The maximum atomic E-state index is 12.9. The minimum atomic E-state index is -1.03. The molecular formula is C15H16FNO2. The highest BCUT2D eigenvalue weighted by Crippen LogP contribution is 2.34. The molecule has 2 rings (SSSR count). The lowest BCUT2D eigenvalue weighted by Gasteiger charge is -2.16. The summed E-state index contributed by atoms with van der Waals surface area (Å²) >= 11 is 0. The van der Waals surface area contributed by atoms with Crippen LogP contribution in [0.2, 0.25) is 0 Å². The number of halogens is 1. The molecule has 0 aliphatic rings. The molecule has 0 aliphatic heterocycles. The van der Waals surface area contributed by atoms with Crippen molar-refractivity contribution in [3.8, 4) is 5.75 Å². The monoisotopic (exact) mass is 261 g/mol. The maximum absolute atomic E-state index is 12.9. The molecule has 0 saturated carbocycles. The standard InChI is InChI=1S/C15H16FNO2/c1-2-9-7-12(15(19)13(17)8-9)14(18)10-3-5-11(16)6-4-10/h3-8,14,18-19H,2,17H2,1H3. The molecule has 0 amide bonds. The van der Waals surface area contributed by atoms with Crippen LogP contribution in [0.25, 0.3) is 0 Å². The van der Waals surface area contributed by atoms with Crippen LogP contribution in [0.1, 0.15) is 29.7 Å². The quantitative estimate of drug-likeness (QED) is 0.588. The normalized spacial score (nSPS) is 12.4. The van der Waals surface area contributed by atoms with E-state index in [2.05, 4.69) is 0 Å². The predicted octanol–water partition coefficient (Wildman–Crippen LogP) is 2.76. The molecule has 0 fully saturated rings. The van der Waals surface area contributed by atoms with Gasteiger partial charge in [-0.3, -0.25) is 0 Å². The first kappa shape index (κ1) is 13.4. The molecule has 0 radical (unpaired) electrons. The summed E-state index contributed by atoms with van der Waals surface area (Å²) in [4.78, 5) is 0. The second-order valence-corrected chi connectivity index (χ2v) is 4.43. The van der Waals surface area contributed by atoms with E-state index < -0.39 is 6.10 Å².